The van der Waals surface area contributed by atoms with Gasteiger partial charge in [-0.15, -0.1) is 11.3 Å². The van der Waals surface area contributed by atoms with Crippen LogP contribution in [0.1, 0.15) is 11.1 Å². The Morgan fingerprint density at radius 1 is 1.11 bits per heavy atom. The zero-order chi connectivity index (χ0) is 13.7. The number of hydrogen-bond donors (Lipinski definition) is 0. The van der Waals surface area contributed by atoms with Crippen LogP contribution >= 0.6 is 11.3 Å². The molecule has 6 heteroatoms. The molecule has 2 heterocycles. The van der Waals surface area contributed by atoms with Gasteiger partial charge in [-0.2, -0.15) is 4.98 Å². The van der Waals surface area contributed by atoms with E-state index >= 15 is 0 Å². The predicted octanol–water partition coefficient (Wildman–Crippen LogP) is 1.47. The van der Waals surface area contributed by atoms with Crippen LogP contribution in [-0.2, 0) is 7.05 Å². The SMILES string of the molecule is Cc1cc2nc3c(=O)n(C)c(=O)nc-3sc2cc1C. The average Bonchev–Trinajstić information content (AvgIpc) is 2.37. The Hall–Kier alpha value is -2.08. The number of benzene rings is 1. The minimum Gasteiger partial charge on any atom is -0.267 e. The summed E-state index contributed by atoms with van der Waals surface area (Å²) in [6.45, 7) is 4.02. The quantitative estimate of drug-likeness (QED) is 0.582. The fraction of sp³-hybridized carbons (Fsp3) is 0.231. The minimum atomic E-state index is -0.543. The number of fused-ring (bicyclic) bond motifs is 2. The van der Waals surface area contributed by atoms with Crippen molar-refractivity contribution in [1.29, 1.82) is 0 Å². The van der Waals surface area contributed by atoms with E-state index in [9.17, 15) is 9.59 Å². The molecule has 0 fully saturated rings. The van der Waals surface area contributed by atoms with Gasteiger partial charge in [0.25, 0.3) is 5.56 Å². The Labute approximate surface area is 112 Å². The molecular weight excluding hydrogens is 262 g/mol. The predicted molar refractivity (Wildman–Crippen MR) is 75.0 cm³/mol. The maximum atomic E-state index is 12.0. The third-order valence-electron chi connectivity index (χ3n) is 3.21. The van der Waals surface area contributed by atoms with Gasteiger partial charge in [0.05, 0.1) is 10.2 Å². The second kappa shape index (κ2) is 3.96. The van der Waals surface area contributed by atoms with Gasteiger partial charge in [-0.3, -0.25) is 9.36 Å². The van der Waals surface area contributed by atoms with Crippen LogP contribution < -0.4 is 11.2 Å². The van der Waals surface area contributed by atoms with E-state index < -0.39 is 11.2 Å². The zero-order valence-corrected chi connectivity index (χ0v) is 11.5. The van der Waals surface area contributed by atoms with E-state index in [0.29, 0.717) is 5.01 Å². The van der Waals surface area contributed by atoms with Crippen LogP contribution in [0.3, 0.4) is 0 Å². The Balaban J connectivity index is 2.53. The molecule has 0 bridgehead atoms. The van der Waals surface area contributed by atoms with Crippen molar-refractivity contribution < 1.29 is 0 Å². The first-order chi connectivity index (χ1) is 8.97. The third-order valence-corrected chi connectivity index (χ3v) is 4.23. The van der Waals surface area contributed by atoms with E-state index in [2.05, 4.69) is 9.97 Å². The number of aromatic nitrogens is 3. The van der Waals surface area contributed by atoms with Crippen molar-refractivity contribution >= 4 is 21.6 Å². The molecule has 0 amide bonds. The van der Waals surface area contributed by atoms with Gasteiger partial charge < -0.3 is 0 Å². The first-order valence-electron chi connectivity index (χ1n) is 5.76. The van der Waals surface area contributed by atoms with Crippen molar-refractivity contribution in [2.45, 2.75) is 13.8 Å². The lowest BCUT2D eigenvalue weighted by Crippen LogP contribution is -2.34. The largest absolute Gasteiger partial charge is 0.351 e. The smallest absolute Gasteiger partial charge is 0.267 e. The van der Waals surface area contributed by atoms with Gasteiger partial charge in [-0.05, 0) is 37.1 Å². The van der Waals surface area contributed by atoms with Gasteiger partial charge in [0.1, 0.15) is 0 Å². The maximum absolute atomic E-state index is 12.0. The Morgan fingerprint density at radius 3 is 2.53 bits per heavy atom. The lowest BCUT2D eigenvalue weighted by molar-refractivity contribution is 0.776. The molecule has 3 rings (SSSR count). The molecule has 0 spiro atoms. The molecule has 0 aromatic heterocycles. The Kier molecular flexibility index (Phi) is 2.50. The van der Waals surface area contributed by atoms with Crippen molar-refractivity contribution in [1.82, 2.24) is 14.5 Å². The lowest BCUT2D eigenvalue weighted by Gasteiger charge is -2.07. The van der Waals surface area contributed by atoms with E-state index in [0.717, 1.165) is 25.9 Å². The highest BCUT2D eigenvalue weighted by atomic mass is 32.1. The minimum absolute atomic E-state index is 0.253. The molecule has 0 atom stereocenters. The molecule has 0 radical (unpaired) electrons. The molecule has 5 nitrogen and oxygen atoms in total. The second-order valence-electron chi connectivity index (χ2n) is 4.53. The normalized spacial score (nSPS) is 11.3. The molecule has 1 aromatic rings. The van der Waals surface area contributed by atoms with Gasteiger partial charge in [0.2, 0.25) is 0 Å². The van der Waals surface area contributed by atoms with Crippen molar-refractivity contribution in [3.63, 3.8) is 0 Å². The standard InChI is InChI=1S/C13H11N3O2S/c1-6-4-8-9(5-7(6)2)19-11-10(14-8)12(17)16(3)13(18)15-11/h4-5H,1-3H3. The fourth-order valence-electron chi connectivity index (χ4n) is 1.89. The fourth-order valence-corrected chi connectivity index (χ4v) is 2.89. The van der Waals surface area contributed by atoms with Gasteiger partial charge in [-0.25, -0.2) is 9.78 Å². The van der Waals surface area contributed by atoms with Crippen molar-refractivity contribution in [3.05, 3.63) is 44.1 Å². The van der Waals surface area contributed by atoms with E-state index in [-0.39, 0.29) is 5.69 Å². The zero-order valence-electron chi connectivity index (χ0n) is 10.7. The van der Waals surface area contributed by atoms with Crippen LogP contribution in [-0.4, -0.2) is 14.5 Å². The van der Waals surface area contributed by atoms with Crippen molar-refractivity contribution in [3.8, 4) is 10.7 Å². The highest BCUT2D eigenvalue weighted by Gasteiger charge is 2.16. The Bertz CT molecular complexity index is 895. The van der Waals surface area contributed by atoms with Gasteiger partial charge >= 0.3 is 5.69 Å². The lowest BCUT2D eigenvalue weighted by atomic mass is 10.1. The summed E-state index contributed by atoms with van der Waals surface area (Å²) in [5.41, 5.74) is 2.35. The summed E-state index contributed by atoms with van der Waals surface area (Å²) in [5, 5.41) is 0.392. The van der Waals surface area contributed by atoms with Crippen LogP contribution in [0.25, 0.3) is 20.9 Å². The molecule has 2 aliphatic heterocycles. The molecule has 1 aromatic carbocycles. The summed E-state index contributed by atoms with van der Waals surface area (Å²) in [6.07, 6.45) is 0. The maximum Gasteiger partial charge on any atom is 0.351 e. The molecule has 19 heavy (non-hydrogen) atoms. The molecule has 96 valence electrons. The van der Waals surface area contributed by atoms with E-state index in [4.69, 9.17) is 0 Å². The highest BCUT2D eigenvalue weighted by Crippen LogP contribution is 2.27. The second-order valence-corrected chi connectivity index (χ2v) is 5.56. The summed E-state index contributed by atoms with van der Waals surface area (Å²) < 4.78 is 1.91. The number of rotatable bonds is 0. The topological polar surface area (TPSA) is 64.8 Å². The molecule has 2 aliphatic rings. The highest BCUT2D eigenvalue weighted by molar-refractivity contribution is 7.21. The number of aryl methyl sites for hydroxylation is 2. The number of hydrogen-bond acceptors (Lipinski definition) is 5. The average molecular weight is 273 g/mol. The molecular formula is C13H11N3O2S. The van der Waals surface area contributed by atoms with Gasteiger partial charge in [-0.1, -0.05) is 0 Å². The monoisotopic (exact) mass is 273 g/mol. The van der Waals surface area contributed by atoms with Crippen molar-refractivity contribution in [2.24, 2.45) is 7.05 Å². The van der Waals surface area contributed by atoms with Crippen molar-refractivity contribution in [2.75, 3.05) is 0 Å². The molecule has 0 saturated heterocycles. The van der Waals surface area contributed by atoms with Crippen LogP contribution in [0.15, 0.2) is 21.7 Å². The summed E-state index contributed by atoms with van der Waals surface area (Å²) in [5.74, 6) is 0. The van der Waals surface area contributed by atoms with Gasteiger partial charge in [0.15, 0.2) is 10.7 Å². The van der Waals surface area contributed by atoms with Crippen LogP contribution in [0.5, 0.6) is 0 Å². The van der Waals surface area contributed by atoms with Crippen LogP contribution in [0.2, 0.25) is 0 Å². The van der Waals surface area contributed by atoms with Crippen LogP contribution in [0, 0.1) is 13.8 Å². The summed E-state index contributed by atoms with van der Waals surface area (Å²) in [4.78, 5) is 31.8. The Morgan fingerprint density at radius 2 is 1.79 bits per heavy atom. The van der Waals surface area contributed by atoms with E-state index in [1.165, 1.54) is 18.4 Å². The van der Waals surface area contributed by atoms with Gasteiger partial charge in [0, 0.05) is 7.05 Å². The molecule has 0 aliphatic carbocycles. The molecule has 0 unspecified atom stereocenters. The summed E-state index contributed by atoms with van der Waals surface area (Å²) >= 11 is 1.32. The van der Waals surface area contributed by atoms with E-state index in [1.807, 2.05) is 26.0 Å². The number of nitrogens with zero attached hydrogens (tertiary/aromatic N) is 3. The molecule has 0 saturated carbocycles. The van der Waals surface area contributed by atoms with E-state index in [1.54, 1.807) is 0 Å². The van der Waals surface area contributed by atoms with Crippen LogP contribution in [0.4, 0.5) is 0 Å². The first kappa shape index (κ1) is 12.0. The first-order valence-corrected chi connectivity index (χ1v) is 6.58. The summed E-state index contributed by atoms with van der Waals surface area (Å²) in [6, 6.07) is 3.95. The third kappa shape index (κ3) is 1.76. The molecule has 0 N–H and O–H groups in total. The summed E-state index contributed by atoms with van der Waals surface area (Å²) in [7, 11) is 1.41.